The first kappa shape index (κ1) is 14.5. The average Bonchev–Trinajstić information content (AvgIpc) is 2.77. The van der Waals surface area contributed by atoms with E-state index in [2.05, 4.69) is 12.2 Å². The molecule has 5 heteroatoms. The molecule has 0 saturated carbocycles. The van der Waals surface area contributed by atoms with Gasteiger partial charge in [0.05, 0.1) is 12.0 Å². The highest BCUT2D eigenvalue weighted by Crippen LogP contribution is 2.18. The Morgan fingerprint density at radius 2 is 2.11 bits per heavy atom. The van der Waals surface area contributed by atoms with Gasteiger partial charge in [-0.3, -0.25) is 4.79 Å². The molecule has 0 radical (unpaired) electrons. The molecule has 0 spiro atoms. The third-order valence-electron chi connectivity index (χ3n) is 3.15. The summed E-state index contributed by atoms with van der Waals surface area (Å²) in [7, 11) is 1.76. The number of nitrogens with one attached hydrogen (secondary N) is 1. The molecule has 18 heavy (non-hydrogen) atoms. The lowest BCUT2D eigenvalue weighted by molar-refractivity contribution is -0.140. The third-order valence-corrected chi connectivity index (χ3v) is 3.15. The zero-order valence-electron chi connectivity index (χ0n) is 11.1. The van der Waals surface area contributed by atoms with Crippen LogP contribution in [0.2, 0.25) is 0 Å². The van der Waals surface area contributed by atoms with Crippen molar-refractivity contribution in [2.24, 2.45) is 5.92 Å². The maximum absolute atomic E-state index is 11.8. The quantitative estimate of drug-likeness (QED) is 0.561. The number of urea groups is 1. The molecule has 102 valence electrons. The van der Waals surface area contributed by atoms with E-state index in [1.54, 1.807) is 24.1 Å². The summed E-state index contributed by atoms with van der Waals surface area (Å²) in [6, 6.07) is -0.293. The number of carbonyl (C=O) groups excluding carboxylic acids is 1. The van der Waals surface area contributed by atoms with Gasteiger partial charge in [0.25, 0.3) is 0 Å². The van der Waals surface area contributed by atoms with Gasteiger partial charge in [-0.15, -0.1) is 0 Å². The van der Waals surface area contributed by atoms with E-state index in [0.717, 1.165) is 25.8 Å². The van der Waals surface area contributed by atoms with Crippen LogP contribution in [0.1, 0.15) is 32.6 Å². The minimum absolute atomic E-state index is 0.133. The number of carboxylic acid groups (broad SMARTS) is 1. The first-order valence-electron chi connectivity index (χ1n) is 6.47. The van der Waals surface area contributed by atoms with E-state index in [1.807, 2.05) is 0 Å². The summed E-state index contributed by atoms with van der Waals surface area (Å²) in [4.78, 5) is 24.2. The number of rotatable bonds is 6. The van der Waals surface area contributed by atoms with Crippen LogP contribution in [-0.2, 0) is 4.79 Å². The second-order valence-corrected chi connectivity index (χ2v) is 4.75. The molecule has 0 fully saturated rings. The molecular weight excluding hydrogens is 232 g/mol. The lowest BCUT2D eigenvalue weighted by Gasteiger charge is -2.20. The van der Waals surface area contributed by atoms with Gasteiger partial charge in [-0.1, -0.05) is 31.9 Å². The lowest BCUT2D eigenvalue weighted by atomic mass is 10.1. The van der Waals surface area contributed by atoms with E-state index in [1.165, 1.54) is 0 Å². The van der Waals surface area contributed by atoms with E-state index in [0.29, 0.717) is 6.42 Å². The van der Waals surface area contributed by atoms with Gasteiger partial charge >= 0.3 is 12.0 Å². The number of hydrogen-bond donors (Lipinski definition) is 2. The van der Waals surface area contributed by atoms with Crippen molar-refractivity contribution in [2.45, 2.75) is 38.6 Å². The van der Waals surface area contributed by atoms with Crippen LogP contribution in [0.4, 0.5) is 4.79 Å². The van der Waals surface area contributed by atoms with E-state index >= 15 is 0 Å². The van der Waals surface area contributed by atoms with Gasteiger partial charge in [0.1, 0.15) is 0 Å². The van der Waals surface area contributed by atoms with Gasteiger partial charge in [-0.25, -0.2) is 4.79 Å². The van der Waals surface area contributed by atoms with E-state index < -0.39 is 11.9 Å². The molecule has 0 aromatic rings. The Bertz CT molecular complexity index is 328. The molecule has 2 atom stereocenters. The summed E-state index contributed by atoms with van der Waals surface area (Å²) in [5, 5.41) is 11.7. The summed E-state index contributed by atoms with van der Waals surface area (Å²) in [5.41, 5.74) is 0. The van der Waals surface area contributed by atoms with Crippen LogP contribution in [0.15, 0.2) is 12.2 Å². The Balaban J connectivity index is 2.29. The van der Waals surface area contributed by atoms with Crippen molar-refractivity contribution in [2.75, 3.05) is 13.6 Å². The van der Waals surface area contributed by atoms with Gasteiger partial charge in [0, 0.05) is 13.6 Å². The maximum atomic E-state index is 11.8. The smallest absolute Gasteiger partial charge is 0.317 e. The molecule has 1 rings (SSSR count). The Kier molecular flexibility index (Phi) is 5.68. The second-order valence-electron chi connectivity index (χ2n) is 4.75. The number of amides is 2. The van der Waals surface area contributed by atoms with E-state index in [9.17, 15) is 9.59 Å². The van der Waals surface area contributed by atoms with Crippen molar-refractivity contribution in [1.82, 2.24) is 10.2 Å². The van der Waals surface area contributed by atoms with Crippen molar-refractivity contribution in [3.63, 3.8) is 0 Å². The van der Waals surface area contributed by atoms with Gasteiger partial charge < -0.3 is 15.3 Å². The highest BCUT2D eigenvalue weighted by molar-refractivity contribution is 5.76. The Labute approximate surface area is 108 Å². The van der Waals surface area contributed by atoms with Crippen molar-refractivity contribution < 1.29 is 14.7 Å². The summed E-state index contributed by atoms with van der Waals surface area (Å²) in [6.45, 7) is 2.86. The maximum Gasteiger partial charge on any atom is 0.317 e. The van der Waals surface area contributed by atoms with Gasteiger partial charge in [0.2, 0.25) is 0 Å². The molecule has 1 aliphatic carbocycles. The van der Waals surface area contributed by atoms with Crippen LogP contribution in [0.3, 0.4) is 0 Å². The van der Waals surface area contributed by atoms with E-state index in [-0.39, 0.29) is 12.1 Å². The number of aliphatic carboxylic acids is 1. The lowest BCUT2D eigenvalue weighted by Crippen LogP contribution is -2.42. The predicted molar refractivity (Wildman–Crippen MR) is 69.4 cm³/mol. The Morgan fingerprint density at radius 3 is 2.67 bits per heavy atom. The van der Waals surface area contributed by atoms with Crippen molar-refractivity contribution in [3.05, 3.63) is 12.2 Å². The minimum atomic E-state index is -0.834. The van der Waals surface area contributed by atoms with Crippen molar-refractivity contribution >= 4 is 12.0 Å². The first-order chi connectivity index (χ1) is 8.54. The largest absolute Gasteiger partial charge is 0.481 e. The predicted octanol–water partition coefficient (Wildman–Crippen LogP) is 1.85. The highest BCUT2D eigenvalue weighted by Gasteiger charge is 2.25. The van der Waals surface area contributed by atoms with Gasteiger partial charge in [-0.05, 0) is 12.8 Å². The minimum Gasteiger partial charge on any atom is -0.481 e. The second kappa shape index (κ2) is 7.03. The summed E-state index contributed by atoms with van der Waals surface area (Å²) >= 11 is 0. The molecule has 0 bridgehead atoms. The Hall–Kier alpha value is -1.52. The fourth-order valence-corrected chi connectivity index (χ4v) is 1.96. The fourth-order valence-electron chi connectivity index (χ4n) is 1.96. The van der Waals surface area contributed by atoms with Crippen LogP contribution < -0.4 is 5.32 Å². The molecule has 0 heterocycles. The Morgan fingerprint density at radius 1 is 1.39 bits per heavy atom. The monoisotopic (exact) mass is 254 g/mol. The molecule has 2 N–H and O–H groups in total. The molecule has 1 aliphatic rings. The number of unbranched alkanes of at least 4 members (excludes halogenated alkanes) is 2. The molecule has 0 aliphatic heterocycles. The number of carboxylic acids is 1. The molecule has 2 amide bonds. The summed E-state index contributed by atoms with van der Waals surface area (Å²) in [6.07, 6.45) is 7.09. The third kappa shape index (κ3) is 4.39. The zero-order valence-corrected chi connectivity index (χ0v) is 11.1. The van der Waals surface area contributed by atoms with Crippen LogP contribution >= 0.6 is 0 Å². The average molecular weight is 254 g/mol. The van der Waals surface area contributed by atoms with Gasteiger partial charge in [0.15, 0.2) is 0 Å². The number of nitrogens with zero attached hydrogens (tertiary/aromatic N) is 1. The highest BCUT2D eigenvalue weighted by atomic mass is 16.4. The van der Waals surface area contributed by atoms with Crippen LogP contribution in [0.25, 0.3) is 0 Å². The normalized spacial score (nSPS) is 21.9. The SMILES string of the molecule is CCCCCN(C)C(=O)NC1C=CC(C(=O)O)C1. The van der Waals surface area contributed by atoms with E-state index in [4.69, 9.17) is 5.11 Å². The molecule has 0 aromatic carbocycles. The number of carbonyl (C=O) groups is 2. The first-order valence-corrected chi connectivity index (χ1v) is 6.47. The van der Waals surface area contributed by atoms with Crippen LogP contribution in [0, 0.1) is 5.92 Å². The molecular formula is C13H22N2O3. The fraction of sp³-hybridized carbons (Fsp3) is 0.692. The van der Waals surface area contributed by atoms with Gasteiger partial charge in [-0.2, -0.15) is 0 Å². The number of hydrogen-bond acceptors (Lipinski definition) is 2. The van der Waals surface area contributed by atoms with Crippen LogP contribution in [-0.4, -0.2) is 41.6 Å². The topological polar surface area (TPSA) is 69.6 Å². The van der Waals surface area contributed by atoms with Crippen molar-refractivity contribution in [1.29, 1.82) is 0 Å². The summed E-state index contributed by atoms with van der Waals surface area (Å²) < 4.78 is 0. The van der Waals surface area contributed by atoms with Crippen LogP contribution in [0.5, 0.6) is 0 Å². The summed E-state index contributed by atoms with van der Waals surface area (Å²) in [5.74, 6) is -1.31. The zero-order chi connectivity index (χ0) is 13.5. The molecule has 5 nitrogen and oxygen atoms in total. The standard InChI is InChI=1S/C13H22N2O3/c1-3-4-5-8-15(2)13(18)14-11-7-6-10(9-11)12(16)17/h6-7,10-11H,3-5,8-9H2,1-2H3,(H,14,18)(H,16,17). The van der Waals surface area contributed by atoms with Crippen molar-refractivity contribution in [3.8, 4) is 0 Å². The molecule has 2 unspecified atom stereocenters. The molecule has 0 aromatic heterocycles. The molecule has 0 saturated heterocycles.